The van der Waals surface area contributed by atoms with Gasteiger partial charge in [-0.3, -0.25) is 9.10 Å². The van der Waals surface area contributed by atoms with E-state index >= 15 is 0 Å². The van der Waals surface area contributed by atoms with Crippen LogP contribution < -0.4 is 9.62 Å². The van der Waals surface area contributed by atoms with Crippen LogP contribution in [0.15, 0.2) is 18.2 Å². The molecule has 1 rings (SSSR count). The molecule has 0 spiro atoms. The van der Waals surface area contributed by atoms with Crippen LogP contribution >= 0.6 is 11.6 Å². The normalized spacial score (nSPS) is 12.7. The fourth-order valence-corrected chi connectivity index (χ4v) is 3.69. The lowest BCUT2D eigenvalue weighted by molar-refractivity contribution is -0.119. The molecule has 0 saturated heterocycles. The van der Waals surface area contributed by atoms with E-state index < -0.39 is 10.0 Å². The second kappa shape index (κ2) is 10.0. The molecule has 0 aliphatic carbocycles. The fourth-order valence-electron chi connectivity index (χ4n) is 2.62. The smallest absolute Gasteiger partial charge is 0.240 e. The van der Waals surface area contributed by atoms with Gasteiger partial charge in [0.25, 0.3) is 0 Å². The molecule has 1 amide bonds. The summed E-state index contributed by atoms with van der Waals surface area (Å²) in [6, 6.07) is 5.01. The number of anilines is 1. The van der Waals surface area contributed by atoms with E-state index in [1.54, 1.807) is 25.1 Å². The standard InChI is InChI=1S/C18H29ClN2O3S/c1-5-7-8-15(6-2)12-20-18(22)13-21(25(4,23)24)17-11-16(19)10-9-14(17)3/h9-11,15H,5-8,12-13H2,1-4H3,(H,20,22)/t15-/m1/s1. The van der Waals surface area contributed by atoms with Crippen LogP contribution in [0.25, 0.3) is 0 Å². The molecule has 25 heavy (non-hydrogen) atoms. The first kappa shape index (κ1) is 21.8. The second-order valence-electron chi connectivity index (χ2n) is 6.42. The number of sulfonamides is 1. The van der Waals surface area contributed by atoms with Crippen LogP contribution in [0.4, 0.5) is 5.69 Å². The summed E-state index contributed by atoms with van der Waals surface area (Å²) in [5.41, 5.74) is 1.18. The van der Waals surface area contributed by atoms with Crippen molar-refractivity contribution in [3.8, 4) is 0 Å². The van der Waals surface area contributed by atoms with Crippen LogP contribution in [0.1, 0.15) is 45.1 Å². The Bertz CT molecular complexity index is 677. The zero-order chi connectivity index (χ0) is 19.0. The summed E-state index contributed by atoms with van der Waals surface area (Å²) in [6.45, 7) is 6.36. The summed E-state index contributed by atoms with van der Waals surface area (Å²) in [5.74, 6) is 0.114. The van der Waals surface area contributed by atoms with E-state index in [0.717, 1.165) is 41.8 Å². The Hall–Kier alpha value is -1.27. The third-order valence-electron chi connectivity index (χ3n) is 4.26. The first-order chi connectivity index (χ1) is 11.7. The number of nitrogens with zero attached hydrogens (tertiary/aromatic N) is 1. The number of halogens is 1. The van der Waals surface area contributed by atoms with E-state index in [4.69, 9.17) is 11.6 Å². The zero-order valence-electron chi connectivity index (χ0n) is 15.5. The molecule has 5 nitrogen and oxygen atoms in total. The van der Waals surface area contributed by atoms with Gasteiger partial charge in [-0.05, 0) is 37.0 Å². The topological polar surface area (TPSA) is 66.5 Å². The quantitative estimate of drug-likeness (QED) is 0.663. The molecule has 0 aliphatic rings. The highest BCUT2D eigenvalue weighted by atomic mass is 35.5. The summed E-state index contributed by atoms with van der Waals surface area (Å²) in [5, 5.41) is 3.30. The molecule has 1 atom stereocenters. The lowest BCUT2D eigenvalue weighted by Crippen LogP contribution is -2.42. The Labute approximate surface area is 156 Å². The average Bonchev–Trinajstić information content (AvgIpc) is 2.54. The second-order valence-corrected chi connectivity index (χ2v) is 8.76. The monoisotopic (exact) mass is 388 g/mol. The summed E-state index contributed by atoms with van der Waals surface area (Å²) in [7, 11) is -3.60. The first-order valence-corrected chi connectivity index (χ1v) is 10.9. The molecular weight excluding hydrogens is 360 g/mol. The van der Waals surface area contributed by atoms with Crippen LogP contribution in [-0.2, 0) is 14.8 Å². The van der Waals surface area contributed by atoms with Crippen molar-refractivity contribution in [3.63, 3.8) is 0 Å². The molecule has 0 unspecified atom stereocenters. The zero-order valence-corrected chi connectivity index (χ0v) is 17.1. The van der Waals surface area contributed by atoms with Gasteiger partial charge in [-0.2, -0.15) is 0 Å². The molecule has 0 aromatic heterocycles. The molecule has 142 valence electrons. The Morgan fingerprint density at radius 3 is 2.56 bits per heavy atom. The predicted octanol–water partition coefficient (Wildman–Crippen LogP) is 3.75. The van der Waals surface area contributed by atoms with Crippen molar-refractivity contribution in [2.45, 2.75) is 46.5 Å². The average molecular weight is 389 g/mol. The van der Waals surface area contributed by atoms with Crippen LogP contribution in [-0.4, -0.2) is 33.7 Å². The lowest BCUT2D eigenvalue weighted by atomic mass is 9.99. The molecule has 0 aliphatic heterocycles. The maximum Gasteiger partial charge on any atom is 0.240 e. The van der Waals surface area contributed by atoms with Crippen molar-refractivity contribution in [1.82, 2.24) is 5.32 Å². The van der Waals surface area contributed by atoms with Gasteiger partial charge in [-0.15, -0.1) is 0 Å². The number of benzene rings is 1. The van der Waals surface area contributed by atoms with Crippen molar-refractivity contribution < 1.29 is 13.2 Å². The number of hydrogen-bond acceptors (Lipinski definition) is 3. The van der Waals surface area contributed by atoms with Gasteiger partial charge in [0.15, 0.2) is 0 Å². The Kier molecular flexibility index (Phi) is 8.73. The van der Waals surface area contributed by atoms with Gasteiger partial charge in [0.05, 0.1) is 11.9 Å². The summed E-state index contributed by atoms with van der Waals surface area (Å²) < 4.78 is 25.4. The highest BCUT2D eigenvalue weighted by Gasteiger charge is 2.23. The van der Waals surface area contributed by atoms with Crippen LogP contribution in [0.3, 0.4) is 0 Å². The Morgan fingerprint density at radius 2 is 2.00 bits per heavy atom. The minimum atomic E-state index is -3.60. The molecule has 1 aromatic carbocycles. The van der Waals surface area contributed by atoms with Gasteiger partial charge in [-0.1, -0.05) is 50.8 Å². The van der Waals surface area contributed by atoms with Gasteiger partial charge in [0, 0.05) is 11.6 Å². The Balaban J connectivity index is 2.83. The number of carbonyl (C=O) groups is 1. The molecule has 7 heteroatoms. The number of unbranched alkanes of at least 4 members (excludes halogenated alkanes) is 1. The lowest BCUT2D eigenvalue weighted by Gasteiger charge is -2.24. The van der Waals surface area contributed by atoms with E-state index in [9.17, 15) is 13.2 Å². The fraction of sp³-hybridized carbons (Fsp3) is 0.611. The van der Waals surface area contributed by atoms with Crippen LogP contribution in [0.2, 0.25) is 5.02 Å². The minimum Gasteiger partial charge on any atom is -0.354 e. The third-order valence-corrected chi connectivity index (χ3v) is 5.62. The van der Waals surface area contributed by atoms with E-state index in [2.05, 4.69) is 19.2 Å². The molecule has 1 aromatic rings. The number of carbonyl (C=O) groups excluding carboxylic acids is 1. The number of aryl methyl sites for hydroxylation is 1. The van der Waals surface area contributed by atoms with Gasteiger partial charge < -0.3 is 5.32 Å². The molecule has 1 N–H and O–H groups in total. The van der Waals surface area contributed by atoms with Crippen LogP contribution in [0, 0.1) is 12.8 Å². The number of hydrogen-bond donors (Lipinski definition) is 1. The van der Waals surface area contributed by atoms with Gasteiger partial charge in [0.2, 0.25) is 15.9 Å². The first-order valence-electron chi connectivity index (χ1n) is 8.69. The van der Waals surface area contributed by atoms with E-state index in [1.165, 1.54) is 0 Å². The summed E-state index contributed by atoms with van der Waals surface area (Å²) >= 11 is 6.00. The van der Waals surface area contributed by atoms with Gasteiger partial charge >= 0.3 is 0 Å². The van der Waals surface area contributed by atoms with Crippen molar-refractivity contribution >= 4 is 33.2 Å². The van der Waals surface area contributed by atoms with Crippen molar-refractivity contribution in [1.29, 1.82) is 0 Å². The van der Waals surface area contributed by atoms with Crippen molar-refractivity contribution in [2.24, 2.45) is 5.92 Å². The molecular formula is C18H29ClN2O3S. The maximum absolute atomic E-state index is 12.3. The number of nitrogens with one attached hydrogen (secondary N) is 1. The minimum absolute atomic E-state index is 0.246. The molecule has 0 bridgehead atoms. The molecule has 0 saturated carbocycles. The summed E-state index contributed by atoms with van der Waals surface area (Å²) in [6.07, 6.45) is 5.41. The van der Waals surface area contributed by atoms with Crippen molar-refractivity contribution in [2.75, 3.05) is 23.7 Å². The molecule has 0 fully saturated rings. The van der Waals surface area contributed by atoms with E-state index in [-0.39, 0.29) is 12.5 Å². The van der Waals surface area contributed by atoms with E-state index in [0.29, 0.717) is 23.2 Å². The third kappa shape index (κ3) is 7.24. The number of rotatable bonds is 10. The van der Waals surface area contributed by atoms with Gasteiger partial charge in [-0.25, -0.2) is 8.42 Å². The highest BCUT2D eigenvalue weighted by molar-refractivity contribution is 7.92. The number of amides is 1. The largest absolute Gasteiger partial charge is 0.354 e. The van der Waals surface area contributed by atoms with Crippen LogP contribution in [0.5, 0.6) is 0 Å². The van der Waals surface area contributed by atoms with E-state index in [1.807, 2.05) is 0 Å². The van der Waals surface area contributed by atoms with Gasteiger partial charge in [0.1, 0.15) is 6.54 Å². The predicted molar refractivity (Wildman–Crippen MR) is 105 cm³/mol. The maximum atomic E-state index is 12.3. The summed E-state index contributed by atoms with van der Waals surface area (Å²) in [4.78, 5) is 12.3. The molecule has 0 heterocycles. The van der Waals surface area contributed by atoms with Crippen molar-refractivity contribution in [3.05, 3.63) is 28.8 Å². The SMILES string of the molecule is CCCC[C@@H](CC)CNC(=O)CN(c1cc(Cl)ccc1C)S(C)(=O)=O. The Morgan fingerprint density at radius 1 is 1.32 bits per heavy atom. The highest BCUT2D eigenvalue weighted by Crippen LogP contribution is 2.26. The molecule has 0 radical (unpaired) electrons.